The molecule has 3 aromatic rings. The van der Waals surface area contributed by atoms with Crippen molar-refractivity contribution in [1.82, 2.24) is 15.2 Å². The Bertz CT molecular complexity index is 1170. The molecule has 2 aliphatic heterocycles. The van der Waals surface area contributed by atoms with Crippen LogP contribution in [-0.4, -0.2) is 81.4 Å². The summed E-state index contributed by atoms with van der Waals surface area (Å²) in [5.74, 6) is -0.00651. The van der Waals surface area contributed by atoms with Gasteiger partial charge in [-0.1, -0.05) is 23.5 Å². The Kier molecular flexibility index (Phi) is 7.51. The van der Waals surface area contributed by atoms with Crippen LogP contribution in [-0.2, 0) is 4.74 Å². The molecule has 0 bridgehead atoms. The Balaban J connectivity index is 1.07. The lowest BCUT2D eigenvalue weighted by Crippen LogP contribution is -2.47. The van der Waals surface area contributed by atoms with Crippen molar-refractivity contribution in [2.45, 2.75) is 20.3 Å². The first-order valence-electron chi connectivity index (χ1n) is 12.6. The van der Waals surface area contributed by atoms with Crippen LogP contribution in [0.3, 0.4) is 0 Å². The van der Waals surface area contributed by atoms with E-state index in [9.17, 15) is 4.79 Å². The van der Waals surface area contributed by atoms with Gasteiger partial charge < -0.3 is 19.9 Å². The molecule has 1 N–H and O–H groups in total. The number of piperazine rings is 1. The molecule has 3 heterocycles. The largest absolute Gasteiger partial charge is 0.378 e. The van der Waals surface area contributed by atoms with Crippen LogP contribution >= 0.6 is 11.3 Å². The van der Waals surface area contributed by atoms with E-state index in [4.69, 9.17) is 9.72 Å². The molecule has 186 valence electrons. The summed E-state index contributed by atoms with van der Waals surface area (Å²) in [7, 11) is 0. The van der Waals surface area contributed by atoms with Crippen molar-refractivity contribution in [2.75, 3.05) is 75.4 Å². The van der Waals surface area contributed by atoms with Crippen molar-refractivity contribution >= 4 is 38.3 Å². The number of benzene rings is 2. The molecule has 7 nitrogen and oxygen atoms in total. The second-order valence-electron chi connectivity index (χ2n) is 9.51. The van der Waals surface area contributed by atoms with Crippen LogP contribution in [0.4, 0.5) is 10.8 Å². The Labute approximate surface area is 211 Å². The normalized spacial score (nSPS) is 17.2. The molecule has 2 saturated heterocycles. The lowest BCUT2D eigenvalue weighted by Gasteiger charge is -2.37. The maximum Gasteiger partial charge on any atom is 0.251 e. The van der Waals surface area contributed by atoms with Crippen LogP contribution in [0.2, 0.25) is 0 Å². The number of hydrogen-bond acceptors (Lipinski definition) is 7. The van der Waals surface area contributed by atoms with Crippen molar-refractivity contribution in [3.8, 4) is 0 Å². The van der Waals surface area contributed by atoms with E-state index in [1.165, 1.54) is 16.8 Å². The summed E-state index contributed by atoms with van der Waals surface area (Å²) in [6.07, 6.45) is 0.958. The summed E-state index contributed by atoms with van der Waals surface area (Å²) < 4.78 is 6.50. The first kappa shape index (κ1) is 24.0. The first-order chi connectivity index (χ1) is 17.1. The van der Waals surface area contributed by atoms with Crippen molar-refractivity contribution in [3.63, 3.8) is 0 Å². The van der Waals surface area contributed by atoms with Gasteiger partial charge in [0, 0.05) is 57.1 Å². The molecule has 8 heteroatoms. The topological polar surface area (TPSA) is 60.9 Å². The molecule has 5 rings (SSSR count). The lowest BCUT2D eigenvalue weighted by atomic mass is 10.1. The highest BCUT2D eigenvalue weighted by molar-refractivity contribution is 7.22. The predicted octanol–water partition coefficient (Wildman–Crippen LogP) is 3.69. The number of ether oxygens (including phenoxy) is 1. The van der Waals surface area contributed by atoms with Crippen LogP contribution in [0, 0.1) is 13.8 Å². The fraction of sp³-hybridized carbons (Fsp3) is 0.481. The molecule has 1 amide bonds. The Morgan fingerprint density at radius 3 is 2.60 bits per heavy atom. The zero-order chi connectivity index (χ0) is 24.2. The first-order valence-corrected chi connectivity index (χ1v) is 13.4. The SMILES string of the molecule is Cc1ccc(C)c(N2CCN(CCCNC(=O)c3ccc4nc(N5CCOCC5)sc4c3)CC2)c1. The van der Waals surface area contributed by atoms with E-state index in [2.05, 4.69) is 52.1 Å². The van der Waals surface area contributed by atoms with Gasteiger partial charge in [-0.05, 0) is 62.2 Å². The van der Waals surface area contributed by atoms with E-state index in [1.807, 2.05) is 18.2 Å². The quantitative estimate of drug-likeness (QED) is 0.507. The van der Waals surface area contributed by atoms with Gasteiger partial charge in [-0.2, -0.15) is 0 Å². The maximum absolute atomic E-state index is 12.7. The highest BCUT2D eigenvalue weighted by atomic mass is 32.1. The van der Waals surface area contributed by atoms with Gasteiger partial charge in [-0.25, -0.2) is 4.98 Å². The smallest absolute Gasteiger partial charge is 0.251 e. The summed E-state index contributed by atoms with van der Waals surface area (Å²) in [5.41, 5.74) is 5.69. The van der Waals surface area contributed by atoms with E-state index < -0.39 is 0 Å². The van der Waals surface area contributed by atoms with Crippen molar-refractivity contribution in [1.29, 1.82) is 0 Å². The van der Waals surface area contributed by atoms with Crippen LogP contribution in [0.25, 0.3) is 10.2 Å². The fourth-order valence-corrected chi connectivity index (χ4v) is 5.88. The molecule has 0 spiro atoms. The second kappa shape index (κ2) is 10.9. The van der Waals surface area contributed by atoms with Crippen molar-refractivity contribution < 1.29 is 9.53 Å². The average molecular weight is 494 g/mol. The van der Waals surface area contributed by atoms with E-state index in [-0.39, 0.29) is 5.91 Å². The number of rotatable bonds is 7. The third kappa shape index (κ3) is 5.77. The molecule has 2 aliphatic rings. The van der Waals surface area contributed by atoms with E-state index >= 15 is 0 Å². The number of aryl methyl sites for hydroxylation is 2. The van der Waals surface area contributed by atoms with Crippen LogP contribution in [0.15, 0.2) is 36.4 Å². The number of nitrogens with zero attached hydrogens (tertiary/aromatic N) is 4. The monoisotopic (exact) mass is 493 g/mol. The summed E-state index contributed by atoms with van der Waals surface area (Å²) in [4.78, 5) is 24.7. The molecule has 0 unspecified atom stereocenters. The number of hydrogen-bond donors (Lipinski definition) is 1. The number of anilines is 2. The summed E-state index contributed by atoms with van der Waals surface area (Å²) in [5, 5.41) is 4.12. The molecule has 0 radical (unpaired) electrons. The van der Waals surface area contributed by atoms with Gasteiger partial charge in [-0.15, -0.1) is 0 Å². The summed E-state index contributed by atoms with van der Waals surface area (Å²) >= 11 is 1.65. The number of carbonyl (C=O) groups is 1. The minimum atomic E-state index is -0.00651. The van der Waals surface area contributed by atoms with E-state index in [0.717, 1.165) is 80.8 Å². The number of morpholine rings is 1. The van der Waals surface area contributed by atoms with Gasteiger partial charge in [0.1, 0.15) is 0 Å². The molecule has 0 aliphatic carbocycles. The minimum absolute atomic E-state index is 0.00651. The Hall–Kier alpha value is -2.68. The van der Waals surface area contributed by atoms with Crippen LogP contribution < -0.4 is 15.1 Å². The zero-order valence-corrected chi connectivity index (χ0v) is 21.6. The number of amides is 1. The summed E-state index contributed by atoms with van der Waals surface area (Å²) in [6, 6.07) is 12.5. The van der Waals surface area contributed by atoms with Gasteiger partial charge in [0.25, 0.3) is 5.91 Å². The molecular formula is C27H35N5O2S. The molecule has 35 heavy (non-hydrogen) atoms. The van der Waals surface area contributed by atoms with Gasteiger partial charge in [-0.3, -0.25) is 9.69 Å². The van der Waals surface area contributed by atoms with Gasteiger partial charge >= 0.3 is 0 Å². The van der Waals surface area contributed by atoms with E-state index in [0.29, 0.717) is 12.1 Å². The maximum atomic E-state index is 12.7. The number of nitrogens with one attached hydrogen (secondary N) is 1. The second-order valence-corrected chi connectivity index (χ2v) is 10.5. The highest BCUT2D eigenvalue weighted by Crippen LogP contribution is 2.30. The molecular weight excluding hydrogens is 458 g/mol. The average Bonchev–Trinajstić information content (AvgIpc) is 3.32. The zero-order valence-electron chi connectivity index (χ0n) is 20.8. The van der Waals surface area contributed by atoms with Crippen LogP contribution in [0.1, 0.15) is 27.9 Å². The molecule has 0 atom stereocenters. The highest BCUT2D eigenvalue weighted by Gasteiger charge is 2.19. The molecule has 2 aromatic carbocycles. The predicted molar refractivity (Wildman–Crippen MR) is 144 cm³/mol. The standard InChI is InChI=1S/C27H35N5O2S/c1-20-4-5-21(2)24(18-20)31-12-10-30(11-13-31)9-3-8-28-26(33)22-6-7-23-25(19-22)35-27(29-23)32-14-16-34-17-15-32/h4-7,18-19H,3,8-17H2,1-2H3,(H,28,33). The fourth-order valence-electron chi connectivity index (χ4n) is 4.82. The van der Waals surface area contributed by atoms with Crippen molar-refractivity contribution in [2.24, 2.45) is 0 Å². The van der Waals surface area contributed by atoms with Crippen LogP contribution in [0.5, 0.6) is 0 Å². The Morgan fingerprint density at radius 1 is 1.00 bits per heavy atom. The van der Waals surface area contributed by atoms with Crippen molar-refractivity contribution in [3.05, 3.63) is 53.1 Å². The molecule has 0 saturated carbocycles. The third-order valence-electron chi connectivity index (χ3n) is 6.94. The number of fused-ring (bicyclic) bond motifs is 1. The van der Waals surface area contributed by atoms with E-state index in [1.54, 1.807) is 11.3 Å². The number of carbonyl (C=O) groups excluding carboxylic acids is 1. The molecule has 1 aromatic heterocycles. The number of aromatic nitrogens is 1. The number of thiazole rings is 1. The lowest BCUT2D eigenvalue weighted by molar-refractivity contribution is 0.0951. The summed E-state index contributed by atoms with van der Waals surface area (Å²) in [6.45, 7) is 13.5. The van der Waals surface area contributed by atoms with Gasteiger partial charge in [0.15, 0.2) is 5.13 Å². The van der Waals surface area contributed by atoms with Gasteiger partial charge in [0.2, 0.25) is 0 Å². The Morgan fingerprint density at radius 2 is 1.80 bits per heavy atom. The van der Waals surface area contributed by atoms with Gasteiger partial charge in [0.05, 0.1) is 23.4 Å². The molecule has 2 fully saturated rings. The third-order valence-corrected chi connectivity index (χ3v) is 8.01. The minimum Gasteiger partial charge on any atom is -0.378 e.